The third-order valence-corrected chi connectivity index (χ3v) is 9.33. The van der Waals surface area contributed by atoms with Crippen molar-refractivity contribution in [1.29, 1.82) is 0 Å². The van der Waals surface area contributed by atoms with Crippen molar-refractivity contribution >= 4 is 27.4 Å². The molecule has 2 amide bonds. The topological polar surface area (TPSA) is 90.5 Å². The molecule has 1 spiro atoms. The normalized spacial score (nSPS) is 16.1. The molecule has 0 atom stereocenters. The summed E-state index contributed by atoms with van der Waals surface area (Å²) in [4.78, 5) is 15.5. The average Bonchev–Trinajstić information content (AvgIpc) is 3.52. The minimum absolute atomic E-state index is 0.00463. The summed E-state index contributed by atoms with van der Waals surface area (Å²) in [6.07, 6.45) is 4.53. The monoisotopic (exact) mass is 518 g/mol. The zero-order valence-corrected chi connectivity index (χ0v) is 22.4. The fourth-order valence-electron chi connectivity index (χ4n) is 5.82. The SMILES string of the molecule is CNc1ccc(-c2ccc3c(c2)C2(CCCC2)CN3C(=O)NCc2ccc(S(=O)(=O)NC)cc2)c(C)c1. The van der Waals surface area contributed by atoms with Gasteiger partial charge < -0.3 is 10.6 Å². The van der Waals surface area contributed by atoms with Crippen molar-refractivity contribution in [2.24, 2.45) is 0 Å². The summed E-state index contributed by atoms with van der Waals surface area (Å²) < 4.78 is 26.2. The van der Waals surface area contributed by atoms with E-state index in [4.69, 9.17) is 0 Å². The third kappa shape index (κ3) is 4.71. The van der Waals surface area contributed by atoms with Crippen LogP contribution in [0.2, 0.25) is 0 Å². The number of amides is 2. The summed E-state index contributed by atoms with van der Waals surface area (Å²) in [7, 11) is -0.170. The van der Waals surface area contributed by atoms with Gasteiger partial charge in [0.25, 0.3) is 0 Å². The Labute approximate surface area is 219 Å². The summed E-state index contributed by atoms with van der Waals surface area (Å²) in [6.45, 7) is 3.15. The number of nitrogens with zero attached hydrogens (tertiary/aromatic N) is 1. The lowest BCUT2D eigenvalue weighted by molar-refractivity contribution is 0.245. The van der Waals surface area contributed by atoms with Gasteiger partial charge in [0.1, 0.15) is 0 Å². The van der Waals surface area contributed by atoms with E-state index in [0.29, 0.717) is 13.1 Å². The molecule has 3 aromatic carbocycles. The van der Waals surface area contributed by atoms with Crippen LogP contribution >= 0.6 is 0 Å². The number of carbonyl (C=O) groups is 1. The van der Waals surface area contributed by atoms with E-state index in [1.54, 1.807) is 24.3 Å². The predicted molar refractivity (Wildman–Crippen MR) is 149 cm³/mol. The summed E-state index contributed by atoms with van der Waals surface area (Å²) in [6, 6.07) is 19.4. The van der Waals surface area contributed by atoms with Gasteiger partial charge in [0.15, 0.2) is 0 Å². The Hall–Kier alpha value is -3.36. The van der Waals surface area contributed by atoms with Crippen molar-refractivity contribution in [2.45, 2.75) is 49.5 Å². The minimum Gasteiger partial charge on any atom is -0.388 e. The molecule has 1 heterocycles. The van der Waals surface area contributed by atoms with E-state index < -0.39 is 10.0 Å². The molecule has 3 N–H and O–H groups in total. The fourth-order valence-corrected chi connectivity index (χ4v) is 6.55. The third-order valence-electron chi connectivity index (χ3n) is 7.90. The molecule has 0 bridgehead atoms. The Morgan fingerprint density at radius 1 is 0.973 bits per heavy atom. The van der Waals surface area contributed by atoms with Crippen molar-refractivity contribution in [2.75, 3.05) is 30.9 Å². The molecule has 7 nitrogen and oxygen atoms in total. The first kappa shape index (κ1) is 25.3. The maximum Gasteiger partial charge on any atom is 0.322 e. The van der Waals surface area contributed by atoms with Crippen molar-refractivity contribution in [1.82, 2.24) is 10.0 Å². The van der Waals surface area contributed by atoms with Crippen LogP contribution in [0.1, 0.15) is 42.4 Å². The lowest BCUT2D eigenvalue weighted by Gasteiger charge is -2.25. The van der Waals surface area contributed by atoms with Gasteiger partial charge in [0.05, 0.1) is 4.90 Å². The Morgan fingerprint density at radius 3 is 2.35 bits per heavy atom. The number of hydrogen-bond acceptors (Lipinski definition) is 4. The summed E-state index contributed by atoms with van der Waals surface area (Å²) in [5, 5.41) is 6.24. The number of aryl methyl sites for hydroxylation is 1. The summed E-state index contributed by atoms with van der Waals surface area (Å²) >= 11 is 0. The highest BCUT2D eigenvalue weighted by Gasteiger charge is 2.46. The first-order chi connectivity index (χ1) is 17.8. The van der Waals surface area contributed by atoms with Gasteiger partial charge in [0, 0.05) is 36.9 Å². The number of nitrogens with one attached hydrogen (secondary N) is 3. The van der Waals surface area contributed by atoms with Crippen molar-refractivity contribution in [3.05, 3.63) is 77.4 Å². The van der Waals surface area contributed by atoms with Crippen molar-refractivity contribution in [3.8, 4) is 11.1 Å². The van der Waals surface area contributed by atoms with Gasteiger partial charge >= 0.3 is 6.03 Å². The highest BCUT2D eigenvalue weighted by molar-refractivity contribution is 7.89. The van der Waals surface area contributed by atoms with Crippen molar-refractivity contribution in [3.63, 3.8) is 0 Å². The van der Waals surface area contributed by atoms with Crippen LogP contribution in [0.25, 0.3) is 11.1 Å². The maximum absolute atomic E-state index is 13.4. The number of fused-ring (bicyclic) bond motifs is 2. The first-order valence-electron chi connectivity index (χ1n) is 12.8. The highest BCUT2D eigenvalue weighted by Crippen LogP contribution is 2.51. The van der Waals surface area contributed by atoms with Crippen LogP contribution in [0.5, 0.6) is 0 Å². The average molecular weight is 519 g/mol. The van der Waals surface area contributed by atoms with E-state index in [-0.39, 0.29) is 16.3 Å². The lowest BCUT2D eigenvalue weighted by atomic mass is 9.79. The number of hydrogen-bond donors (Lipinski definition) is 3. The van der Waals surface area contributed by atoms with Crippen LogP contribution in [0, 0.1) is 6.92 Å². The highest BCUT2D eigenvalue weighted by atomic mass is 32.2. The molecule has 1 saturated carbocycles. The second-order valence-corrected chi connectivity index (χ2v) is 12.0. The largest absolute Gasteiger partial charge is 0.388 e. The number of carbonyl (C=O) groups excluding carboxylic acids is 1. The Balaban J connectivity index is 1.38. The molecule has 1 aliphatic carbocycles. The number of sulfonamides is 1. The number of rotatable bonds is 6. The van der Waals surface area contributed by atoms with Crippen molar-refractivity contribution < 1.29 is 13.2 Å². The van der Waals surface area contributed by atoms with E-state index in [2.05, 4.69) is 58.7 Å². The summed E-state index contributed by atoms with van der Waals surface area (Å²) in [5.74, 6) is 0. The van der Waals surface area contributed by atoms with Crippen LogP contribution in [0.15, 0.2) is 65.6 Å². The van der Waals surface area contributed by atoms with Crippen LogP contribution in [-0.2, 0) is 22.0 Å². The molecule has 0 unspecified atom stereocenters. The molecule has 8 heteroatoms. The van der Waals surface area contributed by atoms with E-state index in [1.165, 1.54) is 42.1 Å². The van der Waals surface area contributed by atoms with Gasteiger partial charge in [-0.05, 0) is 91.0 Å². The molecular weight excluding hydrogens is 484 g/mol. The standard InChI is InChI=1S/C29H34N4O3S/c1-20-16-23(30-2)9-12-25(20)22-8-13-27-26(17-22)29(14-4-5-15-29)19-33(27)28(34)32-18-21-6-10-24(11-7-21)37(35,36)31-3/h6-13,16-17,30-31H,4-5,14-15,18-19H2,1-3H3,(H,32,34). The summed E-state index contributed by atoms with van der Waals surface area (Å²) in [5.41, 5.74) is 7.81. The molecule has 3 aromatic rings. The Morgan fingerprint density at radius 2 is 1.70 bits per heavy atom. The first-order valence-corrected chi connectivity index (χ1v) is 14.3. The molecule has 0 radical (unpaired) electrons. The number of benzene rings is 3. The number of anilines is 2. The van der Waals surface area contributed by atoms with Gasteiger partial charge in [-0.15, -0.1) is 0 Å². The molecular formula is C29H34N4O3S. The molecule has 37 heavy (non-hydrogen) atoms. The lowest BCUT2D eigenvalue weighted by Crippen LogP contribution is -2.41. The zero-order valence-electron chi connectivity index (χ0n) is 21.6. The second-order valence-electron chi connectivity index (χ2n) is 10.1. The zero-order chi connectivity index (χ0) is 26.2. The molecule has 0 saturated heterocycles. The van der Waals surface area contributed by atoms with Crippen LogP contribution in [0.3, 0.4) is 0 Å². The fraction of sp³-hybridized carbons (Fsp3) is 0.345. The second kappa shape index (κ2) is 9.84. The Bertz CT molecular complexity index is 1430. The molecule has 1 fully saturated rings. The van der Waals surface area contributed by atoms with E-state index in [9.17, 15) is 13.2 Å². The molecule has 1 aliphatic heterocycles. The van der Waals surface area contributed by atoms with E-state index >= 15 is 0 Å². The smallest absolute Gasteiger partial charge is 0.322 e. The quantitative estimate of drug-likeness (QED) is 0.421. The molecule has 5 rings (SSSR count). The molecule has 2 aliphatic rings. The van der Waals surface area contributed by atoms with Crippen LogP contribution in [-0.4, -0.2) is 35.1 Å². The molecule has 194 valence electrons. The van der Waals surface area contributed by atoms with Gasteiger partial charge in [-0.1, -0.05) is 37.1 Å². The van der Waals surface area contributed by atoms with Gasteiger partial charge in [0.2, 0.25) is 10.0 Å². The van der Waals surface area contributed by atoms with Crippen LogP contribution < -0.4 is 20.3 Å². The van der Waals surface area contributed by atoms with E-state index in [1.807, 2.05) is 11.9 Å². The van der Waals surface area contributed by atoms with Gasteiger partial charge in [-0.3, -0.25) is 4.90 Å². The van der Waals surface area contributed by atoms with Gasteiger partial charge in [-0.2, -0.15) is 0 Å². The number of urea groups is 1. The van der Waals surface area contributed by atoms with Crippen LogP contribution in [0.4, 0.5) is 16.2 Å². The van der Waals surface area contributed by atoms with E-state index in [0.717, 1.165) is 29.8 Å². The van der Waals surface area contributed by atoms with Gasteiger partial charge in [-0.25, -0.2) is 17.9 Å². The predicted octanol–water partition coefficient (Wildman–Crippen LogP) is 5.15. The Kier molecular flexibility index (Phi) is 6.72. The minimum atomic E-state index is -3.48. The maximum atomic E-state index is 13.4. The molecule has 0 aromatic heterocycles.